The summed E-state index contributed by atoms with van der Waals surface area (Å²) in [6, 6.07) is 8.06. The van der Waals surface area contributed by atoms with E-state index in [-0.39, 0.29) is 0 Å². The van der Waals surface area contributed by atoms with Gasteiger partial charge in [-0.05, 0) is 43.0 Å². The Bertz CT molecular complexity index is 1260. The first-order valence-electron chi connectivity index (χ1n) is 10.4. The van der Waals surface area contributed by atoms with Gasteiger partial charge in [-0.15, -0.1) is 11.3 Å². The number of nitrogens with zero attached hydrogens (tertiary/aromatic N) is 3. The van der Waals surface area contributed by atoms with Crippen molar-refractivity contribution in [2.75, 3.05) is 13.2 Å². The van der Waals surface area contributed by atoms with Crippen LogP contribution in [0.15, 0.2) is 30.6 Å². The predicted molar refractivity (Wildman–Crippen MR) is 119 cm³/mol. The van der Waals surface area contributed by atoms with Gasteiger partial charge in [0.1, 0.15) is 10.3 Å². The Morgan fingerprint density at radius 1 is 1.20 bits per heavy atom. The van der Waals surface area contributed by atoms with Crippen LogP contribution in [0.2, 0.25) is 5.02 Å². The Kier molecular flexibility index (Phi) is 4.39. The number of hydrogen-bond donors (Lipinski definition) is 0. The molecule has 0 saturated carbocycles. The van der Waals surface area contributed by atoms with Crippen LogP contribution in [-0.4, -0.2) is 33.5 Å². The number of ether oxygens (including phenoxy) is 2. The Balaban J connectivity index is 1.39. The first kappa shape index (κ1) is 18.8. The molecule has 30 heavy (non-hydrogen) atoms. The number of halogens is 1. The molecule has 0 N–H and O–H groups in total. The number of fused-ring (bicyclic) bond motifs is 5. The van der Waals surface area contributed by atoms with Gasteiger partial charge in [0.05, 0.1) is 30.8 Å². The molecule has 1 fully saturated rings. The zero-order valence-electron chi connectivity index (χ0n) is 16.8. The topological polar surface area (TPSA) is 49.2 Å². The average Bonchev–Trinajstić information content (AvgIpc) is 3.44. The highest BCUT2D eigenvalue weighted by Gasteiger charge is 2.41. The fourth-order valence-electron chi connectivity index (χ4n) is 4.84. The van der Waals surface area contributed by atoms with Crippen molar-refractivity contribution in [1.82, 2.24) is 14.5 Å². The third kappa shape index (κ3) is 2.97. The second-order valence-electron chi connectivity index (χ2n) is 8.18. The number of thiophene rings is 1. The maximum Gasteiger partial charge on any atom is 0.173 e. The van der Waals surface area contributed by atoms with Gasteiger partial charge in [-0.3, -0.25) is 0 Å². The van der Waals surface area contributed by atoms with Crippen LogP contribution in [0.3, 0.4) is 0 Å². The SMILES string of the molecule is Cc1nc2sc3c(c2c2ncn(CCc4ccc(Cl)cc4)c12)CCC1(C3)OCCO1. The Morgan fingerprint density at radius 2 is 2.00 bits per heavy atom. The molecular formula is C23H22ClN3O2S. The van der Waals surface area contributed by atoms with E-state index in [1.807, 2.05) is 18.5 Å². The van der Waals surface area contributed by atoms with Gasteiger partial charge < -0.3 is 14.0 Å². The molecule has 154 valence electrons. The summed E-state index contributed by atoms with van der Waals surface area (Å²) in [7, 11) is 0. The van der Waals surface area contributed by atoms with Crippen LogP contribution in [0.25, 0.3) is 21.3 Å². The van der Waals surface area contributed by atoms with Crippen molar-refractivity contribution < 1.29 is 9.47 Å². The van der Waals surface area contributed by atoms with E-state index in [9.17, 15) is 0 Å². The minimum absolute atomic E-state index is 0.417. The van der Waals surface area contributed by atoms with Gasteiger partial charge >= 0.3 is 0 Å². The molecule has 1 spiro atoms. The molecule has 0 radical (unpaired) electrons. The number of imidazole rings is 1. The molecule has 2 aliphatic rings. The van der Waals surface area contributed by atoms with Crippen LogP contribution < -0.4 is 0 Å². The summed E-state index contributed by atoms with van der Waals surface area (Å²) >= 11 is 7.79. The molecular weight excluding hydrogens is 418 g/mol. The van der Waals surface area contributed by atoms with E-state index in [0.717, 1.165) is 58.8 Å². The quantitative estimate of drug-likeness (QED) is 0.446. The second kappa shape index (κ2) is 7.02. The first-order chi connectivity index (χ1) is 14.6. The molecule has 4 heterocycles. The van der Waals surface area contributed by atoms with Gasteiger partial charge in [-0.2, -0.15) is 0 Å². The van der Waals surface area contributed by atoms with E-state index in [1.54, 1.807) is 11.3 Å². The molecule has 5 nitrogen and oxygen atoms in total. The molecule has 1 aliphatic carbocycles. The lowest BCUT2D eigenvalue weighted by Gasteiger charge is -2.31. The van der Waals surface area contributed by atoms with E-state index >= 15 is 0 Å². The van der Waals surface area contributed by atoms with Gasteiger partial charge in [-0.25, -0.2) is 9.97 Å². The predicted octanol–water partition coefficient (Wildman–Crippen LogP) is 5.08. The van der Waals surface area contributed by atoms with Crippen LogP contribution in [0.1, 0.15) is 28.1 Å². The minimum Gasteiger partial charge on any atom is -0.347 e. The summed E-state index contributed by atoms with van der Waals surface area (Å²) in [5.41, 5.74) is 5.91. The standard InChI is InChI=1S/C23H22ClN3O2S/c1-14-21-20(25-13-27(21)9-7-15-2-4-16(24)5-3-15)19-17-6-8-23(28-10-11-29-23)12-18(17)30-22(19)26-14/h2-5,13H,6-12H2,1H3. The lowest BCUT2D eigenvalue weighted by atomic mass is 9.91. The van der Waals surface area contributed by atoms with Crippen LogP contribution in [0.5, 0.6) is 0 Å². The van der Waals surface area contributed by atoms with Crippen molar-refractivity contribution in [2.45, 2.75) is 44.9 Å². The number of rotatable bonds is 3. The fraction of sp³-hybridized carbons (Fsp3) is 0.391. The van der Waals surface area contributed by atoms with Crippen molar-refractivity contribution in [3.8, 4) is 0 Å². The van der Waals surface area contributed by atoms with Crippen molar-refractivity contribution >= 4 is 44.2 Å². The molecule has 6 rings (SSSR count). The van der Waals surface area contributed by atoms with E-state index < -0.39 is 5.79 Å². The van der Waals surface area contributed by atoms with E-state index in [4.69, 9.17) is 31.0 Å². The summed E-state index contributed by atoms with van der Waals surface area (Å²) in [6.45, 7) is 4.34. The van der Waals surface area contributed by atoms with Gasteiger partial charge in [-0.1, -0.05) is 23.7 Å². The summed E-state index contributed by atoms with van der Waals surface area (Å²) < 4.78 is 14.2. The van der Waals surface area contributed by atoms with Crippen LogP contribution in [-0.2, 0) is 35.3 Å². The Labute approximate surface area is 183 Å². The largest absolute Gasteiger partial charge is 0.347 e. The third-order valence-electron chi connectivity index (χ3n) is 6.31. The van der Waals surface area contributed by atoms with Crippen molar-refractivity contribution in [3.63, 3.8) is 0 Å². The summed E-state index contributed by atoms with van der Waals surface area (Å²) in [5.74, 6) is -0.417. The van der Waals surface area contributed by atoms with Crippen molar-refractivity contribution in [2.24, 2.45) is 0 Å². The highest BCUT2D eigenvalue weighted by molar-refractivity contribution is 7.19. The van der Waals surface area contributed by atoms with E-state index in [1.165, 1.54) is 21.4 Å². The summed E-state index contributed by atoms with van der Waals surface area (Å²) in [5, 5.41) is 2.00. The Morgan fingerprint density at radius 3 is 2.80 bits per heavy atom. The minimum atomic E-state index is -0.417. The number of aromatic nitrogens is 3. The molecule has 0 atom stereocenters. The number of benzene rings is 1. The fourth-order valence-corrected chi connectivity index (χ4v) is 6.32. The van der Waals surface area contributed by atoms with Crippen molar-refractivity contribution in [3.05, 3.63) is 57.3 Å². The molecule has 0 unspecified atom stereocenters. The molecule has 1 aliphatic heterocycles. The van der Waals surface area contributed by atoms with Crippen LogP contribution in [0.4, 0.5) is 0 Å². The molecule has 7 heteroatoms. The third-order valence-corrected chi connectivity index (χ3v) is 7.69. The second-order valence-corrected chi connectivity index (χ2v) is 9.70. The lowest BCUT2D eigenvalue weighted by Crippen LogP contribution is -2.36. The summed E-state index contributed by atoms with van der Waals surface area (Å²) in [4.78, 5) is 12.3. The van der Waals surface area contributed by atoms with Gasteiger partial charge in [0.2, 0.25) is 0 Å². The molecule has 1 saturated heterocycles. The highest BCUT2D eigenvalue weighted by Crippen LogP contribution is 2.44. The normalized spacial score (nSPS) is 17.9. The number of aryl methyl sites for hydroxylation is 4. The molecule has 0 amide bonds. The molecule has 1 aromatic carbocycles. The molecule has 0 bridgehead atoms. The monoisotopic (exact) mass is 439 g/mol. The first-order valence-corrected chi connectivity index (χ1v) is 11.6. The zero-order chi connectivity index (χ0) is 20.3. The zero-order valence-corrected chi connectivity index (χ0v) is 18.4. The van der Waals surface area contributed by atoms with Gasteiger partial charge in [0, 0.05) is 34.7 Å². The maximum atomic E-state index is 6.01. The Hall–Kier alpha value is -1.99. The van der Waals surface area contributed by atoms with E-state index in [0.29, 0.717) is 13.2 Å². The smallest absolute Gasteiger partial charge is 0.173 e. The molecule has 3 aromatic heterocycles. The molecule has 4 aromatic rings. The van der Waals surface area contributed by atoms with E-state index in [2.05, 4.69) is 23.6 Å². The number of pyridine rings is 1. The average molecular weight is 440 g/mol. The van der Waals surface area contributed by atoms with Gasteiger partial charge in [0.15, 0.2) is 5.79 Å². The van der Waals surface area contributed by atoms with Crippen LogP contribution >= 0.6 is 22.9 Å². The lowest BCUT2D eigenvalue weighted by molar-refractivity contribution is -0.163. The summed E-state index contributed by atoms with van der Waals surface area (Å²) in [6.07, 6.45) is 5.57. The van der Waals surface area contributed by atoms with Gasteiger partial charge in [0.25, 0.3) is 0 Å². The van der Waals surface area contributed by atoms with Crippen molar-refractivity contribution in [1.29, 1.82) is 0 Å². The number of hydrogen-bond acceptors (Lipinski definition) is 5. The maximum absolute atomic E-state index is 6.01. The highest BCUT2D eigenvalue weighted by atomic mass is 35.5. The van der Waals surface area contributed by atoms with Crippen LogP contribution in [0, 0.1) is 6.92 Å².